The summed E-state index contributed by atoms with van der Waals surface area (Å²) >= 11 is -1.58. The Morgan fingerprint density at radius 2 is 1.21 bits per heavy atom. The van der Waals surface area contributed by atoms with Crippen LogP contribution in [0, 0.1) is 21.7 Å². The molecule has 2 heterocycles. The standard InChI is InChI=1S/C30H45ClSeTe/c1-20(22-18-23(27(2,3)4)32-24(19-22)28(5,6)7)14-15-21-16-25(29(8,9)10)33(31)26(17-21)30(11,12)13/h14-19H,1-13H3. The second-order valence-corrected chi connectivity index (χ2v) is 21.7. The molecule has 0 bridgehead atoms. The molecule has 2 aliphatic rings. The number of rotatable bonds is 2. The van der Waals surface area contributed by atoms with Gasteiger partial charge in [-0.3, -0.25) is 0 Å². The first kappa shape index (κ1) is 29.1. The van der Waals surface area contributed by atoms with Crippen molar-refractivity contribution in [2.75, 3.05) is 0 Å². The van der Waals surface area contributed by atoms with Crippen molar-refractivity contribution in [2.24, 2.45) is 21.7 Å². The van der Waals surface area contributed by atoms with Gasteiger partial charge in [0.2, 0.25) is 0 Å². The van der Waals surface area contributed by atoms with E-state index in [1.807, 2.05) is 0 Å². The molecule has 2 aliphatic heterocycles. The molecule has 0 saturated heterocycles. The number of hydrogen-bond donors (Lipinski definition) is 0. The minimum absolute atomic E-state index is 0.107. The van der Waals surface area contributed by atoms with E-state index in [9.17, 15) is 0 Å². The first-order valence-electron chi connectivity index (χ1n) is 11.9. The zero-order valence-electron chi connectivity index (χ0n) is 23.2. The van der Waals surface area contributed by atoms with Gasteiger partial charge in [-0.25, -0.2) is 0 Å². The second kappa shape index (κ2) is 10.1. The number of allylic oxidation sites excluding steroid dienone is 12. The average molecular weight is 648 g/mol. The summed E-state index contributed by atoms with van der Waals surface area (Å²) < 4.78 is 6.10. The molecule has 0 aromatic heterocycles. The molecule has 0 N–H and O–H groups in total. The predicted molar refractivity (Wildman–Crippen MR) is 154 cm³/mol. The molecule has 0 amide bonds. The Hall–Kier alpha value is -0.0909. The molecular weight excluding hydrogens is 602 g/mol. The van der Waals surface area contributed by atoms with Crippen LogP contribution in [-0.2, 0) is 0 Å². The Labute approximate surface area is 221 Å². The van der Waals surface area contributed by atoms with Gasteiger partial charge in [-0.1, -0.05) is 0 Å². The van der Waals surface area contributed by atoms with Crippen LogP contribution < -0.4 is 0 Å². The molecule has 0 aromatic carbocycles. The summed E-state index contributed by atoms with van der Waals surface area (Å²) in [7, 11) is 7.16. The minimum atomic E-state index is -1.99. The average Bonchev–Trinajstić information content (AvgIpc) is 2.63. The zero-order valence-corrected chi connectivity index (χ0v) is 28.0. The summed E-state index contributed by atoms with van der Waals surface area (Å²) in [6.45, 7) is 30.1. The summed E-state index contributed by atoms with van der Waals surface area (Å²) in [5.74, 6) is 0. The third-order valence-corrected chi connectivity index (χ3v) is 18.3. The van der Waals surface area contributed by atoms with E-state index in [-0.39, 0.29) is 21.7 Å². The van der Waals surface area contributed by atoms with Crippen LogP contribution in [-0.4, -0.2) is 36.5 Å². The quantitative estimate of drug-likeness (QED) is 0.263. The van der Waals surface area contributed by atoms with Gasteiger partial charge >= 0.3 is 223 Å². The van der Waals surface area contributed by atoms with Gasteiger partial charge in [0.15, 0.2) is 0 Å². The maximum atomic E-state index is 7.16. The van der Waals surface area contributed by atoms with E-state index in [0.717, 1.165) is 0 Å². The SMILES string of the molecule is CC(C=CC1=CC(C(C)(C)C)=[Te](Cl)C(C(C)(C)C)=C1)=C1C=C(C(C)(C)C)[Se]C(C(C)(C)C)=C1. The molecule has 0 spiro atoms. The van der Waals surface area contributed by atoms with Gasteiger partial charge in [0, 0.05) is 0 Å². The van der Waals surface area contributed by atoms with Gasteiger partial charge in [-0.15, -0.1) is 0 Å². The first-order chi connectivity index (χ1) is 14.7. The molecule has 0 unspecified atom stereocenters. The van der Waals surface area contributed by atoms with Gasteiger partial charge in [0.05, 0.1) is 0 Å². The fourth-order valence-corrected chi connectivity index (χ4v) is 14.8. The summed E-state index contributed by atoms with van der Waals surface area (Å²) in [5, 5.41) is 0. The van der Waals surface area contributed by atoms with Crippen LogP contribution in [0.5, 0.6) is 0 Å². The molecule has 0 aliphatic carbocycles. The fraction of sp³-hybridized carbons (Fsp3) is 0.567. The molecule has 3 heteroatoms. The van der Waals surface area contributed by atoms with Crippen molar-refractivity contribution in [2.45, 2.75) is 90.0 Å². The van der Waals surface area contributed by atoms with Gasteiger partial charge < -0.3 is 0 Å². The van der Waals surface area contributed by atoms with Crippen molar-refractivity contribution in [3.8, 4) is 0 Å². The van der Waals surface area contributed by atoms with Crippen molar-refractivity contribution in [1.29, 1.82) is 0 Å². The van der Waals surface area contributed by atoms with Gasteiger partial charge in [-0.2, -0.15) is 0 Å². The van der Waals surface area contributed by atoms with Crippen molar-refractivity contribution in [3.63, 3.8) is 0 Å². The molecule has 0 aromatic rings. The topological polar surface area (TPSA) is 0 Å². The third-order valence-electron chi connectivity index (χ3n) is 5.71. The second-order valence-electron chi connectivity index (χ2n) is 13.4. The van der Waals surface area contributed by atoms with Crippen LogP contribution in [0.4, 0.5) is 0 Å². The molecule has 33 heavy (non-hydrogen) atoms. The van der Waals surface area contributed by atoms with E-state index in [1.54, 1.807) is 8.94 Å². The van der Waals surface area contributed by atoms with Gasteiger partial charge in [0.25, 0.3) is 0 Å². The van der Waals surface area contributed by atoms with Crippen molar-refractivity contribution in [3.05, 3.63) is 65.7 Å². The zero-order chi connectivity index (χ0) is 25.6. The van der Waals surface area contributed by atoms with Crippen LogP contribution in [0.15, 0.2) is 65.7 Å². The number of hydrogen-bond acceptors (Lipinski definition) is 0. The normalized spacial score (nSPS) is 19.5. The van der Waals surface area contributed by atoms with E-state index in [1.165, 1.54) is 23.9 Å². The Balaban J connectivity index is 2.58. The van der Waals surface area contributed by atoms with Crippen LogP contribution in [0.25, 0.3) is 0 Å². The van der Waals surface area contributed by atoms with Crippen LogP contribution in [0.3, 0.4) is 0 Å². The fourth-order valence-electron chi connectivity index (χ4n) is 3.42. The van der Waals surface area contributed by atoms with Crippen LogP contribution in [0.2, 0.25) is 0 Å². The van der Waals surface area contributed by atoms with Crippen molar-refractivity contribution >= 4 is 45.4 Å². The molecule has 0 nitrogen and oxygen atoms in total. The van der Waals surface area contributed by atoms with Gasteiger partial charge in [0.1, 0.15) is 0 Å². The Kier molecular flexibility index (Phi) is 8.93. The molecule has 184 valence electrons. The molecule has 0 atom stereocenters. The Morgan fingerprint density at radius 1 is 0.727 bits per heavy atom. The van der Waals surface area contributed by atoms with Crippen LogP contribution >= 0.6 is 8.96 Å². The molecule has 0 radical (unpaired) electrons. The van der Waals surface area contributed by atoms with E-state index in [0.29, 0.717) is 15.0 Å². The number of halogens is 1. The van der Waals surface area contributed by atoms with E-state index in [2.05, 4.69) is 126 Å². The maximum absolute atomic E-state index is 7.16. The van der Waals surface area contributed by atoms with E-state index in [4.69, 9.17) is 8.96 Å². The summed E-state index contributed by atoms with van der Waals surface area (Å²) in [4.78, 5) is 0. The third kappa shape index (κ3) is 7.69. The van der Waals surface area contributed by atoms with E-state index >= 15 is 0 Å². The predicted octanol–water partition coefficient (Wildman–Crippen LogP) is 8.92. The van der Waals surface area contributed by atoms with Crippen LogP contribution in [0.1, 0.15) is 90.0 Å². The first-order valence-corrected chi connectivity index (χ1v) is 18.9. The molecule has 0 fully saturated rings. The Morgan fingerprint density at radius 3 is 1.61 bits per heavy atom. The molecule has 0 saturated carbocycles. The van der Waals surface area contributed by atoms with Crippen molar-refractivity contribution in [1.82, 2.24) is 0 Å². The molecular formula is C30H45ClSeTe. The molecule has 2 rings (SSSR count). The summed E-state index contributed by atoms with van der Waals surface area (Å²) in [5.41, 5.74) is 4.58. The Bertz CT molecular complexity index is 979. The van der Waals surface area contributed by atoms with E-state index < -0.39 is 18.0 Å². The van der Waals surface area contributed by atoms with Crippen molar-refractivity contribution < 1.29 is 0 Å². The summed E-state index contributed by atoms with van der Waals surface area (Å²) in [6, 6.07) is 0. The monoisotopic (exact) mass is 650 g/mol. The summed E-state index contributed by atoms with van der Waals surface area (Å²) in [6.07, 6.45) is 14.3. The van der Waals surface area contributed by atoms with Gasteiger partial charge in [-0.05, 0) is 0 Å².